The Kier molecular flexibility index (Phi) is 7.65. The Morgan fingerprint density at radius 1 is 1.00 bits per heavy atom. The van der Waals surface area contributed by atoms with Crippen molar-refractivity contribution >= 4 is 23.6 Å². The molecule has 2 fully saturated rings. The highest BCUT2D eigenvalue weighted by Crippen LogP contribution is 2.36. The summed E-state index contributed by atoms with van der Waals surface area (Å²) < 4.78 is 2.28. The maximum Gasteiger partial charge on any atom is 0.233 e. The Morgan fingerprint density at radius 3 is 2.24 bits per heavy atom. The zero-order chi connectivity index (χ0) is 24.3. The third kappa shape index (κ3) is 5.65. The molecule has 0 atom stereocenters. The fourth-order valence-corrected chi connectivity index (χ4v) is 5.90. The summed E-state index contributed by atoms with van der Waals surface area (Å²) in [5.41, 5.74) is 7.89. The van der Waals surface area contributed by atoms with E-state index in [1.807, 2.05) is 4.90 Å². The number of nitrogens with two attached hydrogens (primary N) is 1. The van der Waals surface area contributed by atoms with Gasteiger partial charge in [0, 0.05) is 30.6 Å². The summed E-state index contributed by atoms with van der Waals surface area (Å²) in [6, 6.07) is 9.02. The molecule has 1 aromatic heterocycles. The fraction of sp³-hybridized carbons (Fsp3) is 0.615. The number of carbonyl (C=O) groups is 2. The van der Waals surface area contributed by atoms with E-state index < -0.39 is 0 Å². The van der Waals surface area contributed by atoms with Crippen molar-refractivity contribution in [1.29, 1.82) is 0 Å². The van der Waals surface area contributed by atoms with Gasteiger partial charge < -0.3 is 10.6 Å². The Morgan fingerprint density at radius 2 is 1.65 bits per heavy atom. The van der Waals surface area contributed by atoms with Gasteiger partial charge in [-0.3, -0.25) is 14.2 Å². The van der Waals surface area contributed by atoms with Gasteiger partial charge in [-0.1, -0.05) is 76.1 Å². The second-order valence-corrected chi connectivity index (χ2v) is 11.6. The molecule has 1 saturated carbocycles. The monoisotopic (exact) mass is 483 g/mol. The number of hydrogen-bond donors (Lipinski definition) is 1. The second-order valence-electron chi connectivity index (χ2n) is 10.6. The molecule has 1 saturated heterocycles. The van der Waals surface area contributed by atoms with E-state index in [0.717, 1.165) is 29.4 Å². The van der Waals surface area contributed by atoms with E-state index in [4.69, 9.17) is 5.73 Å². The van der Waals surface area contributed by atoms with Crippen LogP contribution in [-0.4, -0.2) is 50.3 Å². The van der Waals surface area contributed by atoms with Crippen LogP contribution in [0.2, 0.25) is 0 Å². The molecule has 2 amide bonds. The molecule has 34 heavy (non-hydrogen) atoms. The van der Waals surface area contributed by atoms with Gasteiger partial charge in [0.1, 0.15) is 0 Å². The van der Waals surface area contributed by atoms with Crippen LogP contribution in [0.3, 0.4) is 0 Å². The number of piperidine rings is 1. The molecule has 0 spiro atoms. The normalized spacial score (nSPS) is 18.3. The summed E-state index contributed by atoms with van der Waals surface area (Å²) in [6.07, 6.45) is 7.24. The van der Waals surface area contributed by atoms with Gasteiger partial charge in [-0.15, -0.1) is 10.2 Å². The standard InChI is InChI=1S/C26H37N5O2S/c1-26(2,3)20-11-9-19(10-12-20)24-28-29-25(31(24)21-7-5-4-6-8-21)34-17-22(32)30-15-13-18(14-16-30)23(27)33/h9-12,18,21H,4-8,13-17H2,1-3H3,(H2,27,33). The van der Waals surface area contributed by atoms with Crippen molar-refractivity contribution in [2.24, 2.45) is 11.7 Å². The number of rotatable bonds is 6. The molecule has 4 rings (SSSR count). The molecule has 0 radical (unpaired) electrons. The minimum absolute atomic E-state index is 0.0854. The van der Waals surface area contributed by atoms with E-state index in [1.165, 1.54) is 36.6 Å². The lowest BCUT2D eigenvalue weighted by molar-refractivity contribution is -0.132. The summed E-state index contributed by atoms with van der Waals surface area (Å²) in [5.74, 6) is 0.935. The number of primary amides is 1. The Hall–Kier alpha value is -2.35. The fourth-order valence-electron chi connectivity index (χ4n) is 4.99. The number of thioether (sulfide) groups is 1. The molecule has 1 aliphatic heterocycles. The molecule has 184 valence electrons. The maximum absolute atomic E-state index is 12.9. The van der Waals surface area contributed by atoms with Gasteiger partial charge >= 0.3 is 0 Å². The van der Waals surface area contributed by atoms with E-state index >= 15 is 0 Å². The molecule has 0 unspecified atom stereocenters. The smallest absolute Gasteiger partial charge is 0.233 e. The predicted octanol–water partition coefficient (Wildman–Crippen LogP) is 4.56. The van der Waals surface area contributed by atoms with Crippen LogP contribution in [0.1, 0.15) is 77.3 Å². The third-order valence-corrected chi connectivity index (χ3v) is 8.12. The van der Waals surface area contributed by atoms with E-state index in [2.05, 4.69) is 59.8 Å². The van der Waals surface area contributed by atoms with Gasteiger partial charge in [0.25, 0.3) is 0 Å². The summed E-state index contributed by atoms with van der Waals surface area (Å²) >= 11 is 1.48. The molecular formula is C26H37N5O2S. The second kappa shape index (κ2) is 10.5. The summed E-state index contributed by atoms with van der Waals surface area (Å²) in [7, 11) is 0. The third-order valence-electron chi connectivity index (χ3n) is 7.19. The van der Waals surface area contributed by atoms with Crippen molar-refractivity contribution in [3.63, 3.8) is 0 Å². The van der Waals surface area contributed by atoms with Crippen molar-refractivity contribution in [3.05, 3.63) is 29.8 Å². The number of carbonyl (C=O) groups excluding carboxylic acids is 2. The van der Waals surface area contributed by atoms with Crippen LogP contribution in [0.5, 0.6) is 0 Å². The first kappa shape index (κ1) is 24.8. The van der Waals surface area contributed by atoms with E-state index in [1.54, 1.807) is 0 Å². The van der Waals surface area contributed by atoms with Crippen molar-refractivity contribution in [2.45, 2.75) is 82.3 Å². The van der Waals surface area contributed by atoms with E-state index in [0.29, 0.717) is 37.7 Å². The molecule has 2 aliphatic rings. The van der Waals surface area contributed by atoms with Crippen LogP contribution in [0.4, 0.5) is 0 Å². The number of likely N-dealkylation sites (tertiary alicyclic amines) is 1. The Balaban J connectivity index is 1.50. The molecule has 1 aromatic carbocycles. The lowest BCUT2D eigenvalue weighted by Gasteiger charge is -2.30. The van der Waals surface area contributed by atoms with Crippen molar-refractivity contribution in [3.8, 4) is 11.4 Å². The average molecular weight is 484 g/mol. The number of benzene rings is 1. The highest BCUT2D eigenvalue weighted by Gasteiger charge is 2.28. The van der Waals surface area contributed by atoms with Crippen LogP contribution < -0.4 is 5.73 Å². The molecular weight excluding hydrogens is 446 g/mol. The van der Waals surface area contributed by atoms with Crippen LogP contribution in [0.15, 0.2) is 29.4 Å². The highest BCUT2D eigenvalue weighted by molar-refractivity contribution is 7.99. The van der Waals surface area contributed by atoms with Gasteiger partial charge in [0.05, 0.1) is 5.75 Å². The SMILES string of the molecule is CC(C)(C)c1ccc(-c2nnc(SCC(=O)N3CCC(C(N)=O)CC3)n2C2CCCCC2)cc1. The molecule has 1 aliphatic carbocycles. The predicted molar refractivity (Wildman–Crippen MR) is 136 cm³/mol. The first-order valence-corrected chi connectivity index (χ1v) is 13.5. The van der Waals surface area contributed by atoms with Gasteiger partial charge in [-0.05, 0) is 36.7 Å². The van der Waals surface area contributed by atoms with E-state index in [9.17, 15) is 9.59 Å². The average Bonchev–Trinajstić information content (AvgIpc) is 3.26. The molecule has 2 heterocycles. The number of amides is 2. The maximum atomic E-state index is 12.9. The van der Waals surface area contributed by atoms with Crippen molar-refractivity contribution in [2.75, 3.05) is 18.8 Å². The topological polar surface area (TPSA) is 94.1 Å². The van der Waals surface area contributed by atoms with Crippen LogP contribution in [-0.2, 0) is 15.0 Å². The molecule has 2 aromatic rings. The van der Waals surface area contributed by atoms with Crippen LogP contribution in [0, 0.1) is 5.92 Å². The van der Waals surface area contributed by atoms with E-state index in [-0.39, 0.29) is 23.1 Å². The molecule has 8 heteroatoms. The number of aromatic nitrogens is 3. The minimum atomic E-state index is -0.259. The molecule has 7 nitrogen and oxygen atoms in total. The lowest BCUT2D eigenvalue weighted by atomic mass is 9.86. The van der Waals surface area contributed by atoms with Gasteiger partial charge in [-0.2, -0.15) is 0 Å². The number of nitrogens with zero attached hydrogens (tertiary/aromatic N) is 4. The lowest BCUT2D eigenvalue weighted by Crippen LogP contribution is -2.42. The molecule has 0 bridgehead atoms. The van der Waals surface area contributed by atoms with Crippen LogP contribution >= 0.6 is 11.8 Å². The largest absolute Gasteiger partial charge is 0.369 e. The first-order valence-electron chi connectivity index (χ1n) is 12.5. The number of hydrogen-bond acceptors (Lipinski definition) is 5. The molecule has 2 N–H and O–H groups in total. The van der Waals surface area contributed by atoms with Gasteiger partial charge in [0.2, 0.25) is 11.8 Å². The zero-order valence-electron chi connectivity index (χ0n) is 20.6. The van der Waals surface area contributed by atoms with Gasteiger partial charge in [0.15, 0.2) is 11.0 Å². The Labute approximate surface area is 206 Å². The summed E-state index contributed by atoms with van der Waals surface area (Å²) in [5, 5.41) is 9.95. The van der Waals surface area contributed by atoms with Crippen molar-refractivity contribution in [1.82, 2.24) is 19.7 Å². The van der Waals surface area contributed by atoms with Crippen molar-refractivity contribution < 1.29 is 9.59 Å². The van der Waals surface area contributed by atoms with Gasteiger partial charge in [-0.25, -0.2) is 0 Å². The van der Waals surface area contributed by atoms with Crippen LogP contribution in [0.25, 0.3) is 11.4 Å². The minimum Gasteiger partial charge on any atom is -0.369 e. The summed E-state index contributed by atoms with van der Waals surface area (Å²) in [6.45, 7) is 7.83. The quantitative estimate of drug-likeness (QED) is 0.608. The Bertz CT molecular complexity index is 997. The zero-order valence-corrected chi connectivity index (χ0v) is 21.4. The highest BCUT2D eigenvalue weighted by atomic mass is 32.2. The summed E-state index contributed by atoms with van der Waals surface area (Å²) in [4.78, 5) is 26.1. The first-order chi connectivity index (χ1) is 16.2.